The lowest BCUT2D eigenvalue weighted by atomic mass is 10.1. The van der Waals surface area contributed by atoms with Gasteiger partial charge in [-0.2, -0.15) is 0 Å². The number of nitrogens with one attached hydrogen (secondary N) is 1. The minimum atomic E-state index is 0.446. The summed E-state index contributed by atoms with van der Waals surface area (Å²) in [6.07, 6.45) is 2.85. The fourth-order valence-corrected chi connectivity index (χ4v) is 2.01. The highest BCUT2D eigenvalue weighted by atomic mass is 16.5. The Morgan fingerprint density at radius 3 is 3.31 bits per heavy atom. The normalized spacial score (nSPS) is 20.9. The Hall–Kier alpha value is -1.33. The Bertz CT molecular complexity index is 345. The molecular weight excluding hydrogens is 204 g/mol. The summed E-state index contributed by atoms with van der Waals surface area (Å²) in [5.74, 6) is 6.05. The van der Waals surface area contributed by atoms with E-state index >= 15 is 0 Å². The van der Waals surface area contributed by atoms with E-state index in [-0.39, 0.29) is 0 Å². The van der Waals surface area contributed by atoms with Crippen molar-refractivity contribution >= 4 is 11.5 Å². The smallest absolute Gasteiger partial charge is 0.141 e. The number of nitrogens with zero attached hydrogens (tertiary/aromatic N) is 2. The van der Waals surface area contributed by atoms with Crippen LogP contribution in [-0.4, -0.2) is 30.8 Å². The SMILES string of the molecule is CCC1COCCN1c1ccnc(NN)c1. The number of ether oxygens (including phenoxy) is 1. The highest BCUT2D eigenvalue weighted by Gasteiger charge is 2.21. The van der Waals surface area contributed by atoms with Crippen LogP contribution in [0.2, 0.25) is 0 Å². The van der Waals surface area contributed by atoms with Gasteiger partial charge >= 0.3 is 0 Å². The molecule has 1 aromatic rings. The Kier molecular flexibility index (Phi) is 3.58. The van der Waals surface area contributed by atoms with Crippen LogP contribution < -0.4 is 16.2 Å². The van der Waals surface area contributed by atoms with Gasteiger partial charge in [-0.1, -0.05) is 6.92 Å². The molecule has 3 N–H and O–H groups in total. The number of hydrogen-bond acceptors (Lipinski definition) is 5. The third kappa shape index (κ3) is 2.25. The fourth-order valence-electron chi connectivity index (χ4n) is 2.01. The molecule has 0 saturated carbocycles. The minimum Gasteiger partial charge on any atom is -0.377 e. The van der Waals surface area contributed by atoms with Gasteiger partial charge in [-0.05, 0) is 12.5 Å². The number of aromatic nitrogens is 1. The number of nitrogen functional groups attached to an aromatic ring is 1. The van der Waals surface area contributed by atoms with E-state index in [1.165, 1.54) is 0 Å². The molecule has 2 rings (SSSR count). The van der Waals surface area contributed by atoms with Crippen molar-refractivity contribution in [2.45, 2.75) is 19.4 Å². The molecule has 5 nitrogen and oxygen atoms in total. The van der Waals surface area contributed by atoms with Crippen molar-refractivity contribution in [1.29, 1.82) is 0 Å². The van der Waals surface area contributed by atoms with E-state index in [1.54, 1.807) is 6.20 Å². The zero-order valence-electron chi connectivity index (χ0n) is 9.52. The number of hydrogen-bond donors (Lipinski definition) is 2. The lowest BCUT2D eigenvalue weighted by Crippen LogP contribution is -2.45. The van der Waals surface area contributed by atoms with Crippen molar-refractivity contribution in [3.8, 4) is 0 Å². The predicted octanol–water partition coefficient (Wildman–Crippen LogP) is 0.982. The van der Waals surface area contributed by atoms with E-state index in [9.17, 15) is 0 Å². The van der Waals surface area contributed by atoms with E-state index in [0.717, 1.165) is 31.9 Å². The zero-order chi connectivity index (χ0) is 11.4. The lowest BCUT2D eigenvalue weighted by Gasteiger charge is -2.37. The second kappa shape index (κ2) is 5.14. The minimum absolute atomic E-state index is 0.446. The molecule has 1 aromatic heterocycles. The Balaban J connectivity index is 2.20. The van der Waals surface area contributed by atoms with Gasteiger partial charge in [0.25, 0.3) is 0 Å². The summed E-state index contributed by atoms with van der Waals surface area (Å²) in [5, 5.41) is 0. The van der Waals surface area contributed by atoms with Gasteiger partial charge in [-0.15, -0.1) is 0 Å². The first-order chi connectivity index (χ1) is 7.85. The maximum absolute atomic E-state index is 5.48. The molecule has 0 bridgehead atoms. The lowest BCUT2D eigenvalue weighted by molar-refractivity contribution is 0.0930. The first kappa shape index (κ1) is 11.2. The first-order valence-corrected chi connectivity index (χ1v) is 5.62. The van der Waals surface area contributed by atoms with Crippen LogP contribution in [-0.2, 0) is 4.74 Å². The molecule has 0 aromatic carbocycles. The Morgan fingerprint density at radius 1 is 1.69 bits per heavy atom. The monoisotopic (exact) mass is 222 g/mol. The number of pyridine rings is 1. The molecular formula is C11H18N4O. The van der Waals surface area contributed by atoms with Gasteiger partial charge < -0.3 is 15.1 Å². The number of nitrogens with two attached hydrogens (primary N) is 1. The van der Waals surface area contributed by atoms with Gasteiger partial charge in [0.2, 0.25) is 0 Å². The van der Waals surface area contributed by atoms with Crippen LogP contribution in [0.3, 0.4) is 0 Å². The van der Waals surface area contributed by atoms with Crippen molar-refractivity contribution in [3.05, 3.63) is 18.3 Å². The Labute approximate surface area is 95.6 Å². The molecule has 0 spiro atoms. The van der Waals surface area contributed by atoms with Gasteiger partial charge in [-0.3, -0.25) is 0 Å². The van der Waals surface area contributed by atoms with Gasteiger partial charge in [0.15, 0.2) is 0 Å². The van der Waals surface area contributed by atoms with Gasteiger partial charge in [0.1, 0.15) is 5.82 Å². The molecule has 16 heavy (non-hydrogen) atoms. The summed E-state index contributed by atoms with van der Waals surface area (Å²) in [5.41, 5.74) is 3.72. The van der Waals surface area contributed by atoms with E-state index in [0.29, 0.717) is 11.9 Å². The maximum atomic E-state index is 5.48. The standard InChI is InChI=1S/C11H18N4O/c1-2-9-8-16-6-5-15(9)10-3-4-13-11(7-10)14-12/h3-4,7,9H,2,5-6,8,12H2,1H3,(H,13,14). The average molecular weight is 222 g/mol. The fraction of sp³-hybridized carbons (Fsp3) is 0.545. The third-order valence-corrected chi connectivity index (χ3v) is 2.92. The van der Waals surface area contributed by atoms with Crippen molar-refractivity contribution < 1.29 is 4.74 Å². The van der Waals surface area contributed by atoms with Crippen molar-refractivity contribution in [3.63, 3.8) is 0 Å². The quantitative estimate of drug-likeness (QED) is 0.589. The molecule has 1 aliphatic heterocycles. The second-order valence-electron chi connectivity index (χ2n) is 3.87. The number of hydrazine groups is 1. The maximum Gasteiger partial charge on any atom is 0.141 e. The Morgan fingerprint density at radius 2 is 2.56 bits per heavy atom. The predicted molar refractivity (Wildman–Crippen MR) is 64.3 cm³/mol. The van der Waals surface area contributed by atoms with E-state index < -0.39 is 0 Å². The summed E-state index contributed by atoms with van der Waals surface area (Å²) in [6.45, 7) is 4.68. The van der Waals surface area contributed by atoms with Crippen LogP contribution in [0.4, 0.5) is 11.5 Å². The molecule has 5 heteroatoms. The van der Waals surface area contributed by atoms with Crippen LogP contribution in [0.1, 0.15) is 13.3 Å². The molecule has 0 amide bonds. The summed E-state index contributed by atoms with van der Waals surface area (Å²) < 4.78 is 5.48. The molecule has 1 saturated heterocycles. The van der Waals surface area contributed by atoms with E-state index in [1.807, 2.05) is 12.1 Å². The van der Waals surface area contributed by atoms with Crippen LogP contribution in [0, 0.1) is 0 Å². The van der Waals surface area contributed by atoms with Crippen LogP contribution in [0.25, 0.3) is 0 Å². The highest BCUT2D eigenvalue weighted by Crippen LogP contribution is 2.22. The van der Waals surface area contributed by atoms with Gasteiger partial charge in [0.05, 0.1) is 19.3 Å². The van der Waals surface area contributed by atoms with Gasteiger partial charge in [-0.25, -0.2) is 10.8 Å². The average Bonchev–Trinajstić information content (AvgIpc) is 2.38. The third-order valence-electron chi connectivity index (χ3n) is 2.92. The summed E-state index contributed by atoms with van der Waals surface area (Å²) >= 11 is 0. The first-order valence-electron chi connectivity index (χ1n) is 5.62. The number of rotatable bonds is 3. The topological polar surface area (TPSA) is 63.4 Å². The molecule has 1 atom stereocenters. The summed E-state index contributed by atoms with van der Waals surface area (Å²) in [6, 6.07) is 4.42. The molecule has 0 radical (unpaired) electrons. The van der Waals surface area contributed by atoms with Crippen LogP contribution in [0.15, 0.2) is 18.3 Å². The zero-order valence-corrected chi connectivity index (χ0v) is 9.52. The van der Waals surface area contributed by atoms with Crippen molar-refractivity contribution in [1.82, 2.24) is 4.98 Å². The summed E-state index contributed by atoms with van der Waals surface area (Å²) in [7, 11) is 0. The van der Waals surface area contributed by atoms with Crippen molar-refractivity contribution in [2.24, 2.45) is 5.84 Å². The van der Waals surface area contributed by atoms with Gasteiger partial charge in [0, 0.05) is 24.5 Å². The molecule has 1 aliphatic rings. The number of morpholine rings is 1. The highest BCUT2D eigenvalue weighted by molar-refractivity contribution is 5.54. The number of anilines is 2. The molecule has 88 valence electrons. The van der Waals surface area contributed by atoms with Crippen LogP contribution in [0.5, 0.6) is 0 Å². The second-order valence-corrected chi connectivity index (χ2v) is 3.87. The largest absolute Gasteiger partial charge is 0.377 e. The molecule has 1 fully saturated rings. The molecule has 0 aliphatic carbocycles. The molecule has 1 unspecified atom stereocenters. The van der Waals surface area contributed by atoms with E-state index in [2.05, 4.69) is 22.2 Å². The molecule has 2 heterocycles. The summed E-state index contributed by atoms with van der Waals surface area (Å²) in [4.78, 5) is 6.46. The van der Waals surface area contributed by atoms with E-state index in [4.69, 9.17) is 10.6 Å². The van der Waals surface area contributed by atoms with Crippen LogP contribution >= 0.6 is 0 Å². The van der Waals surface area contributed by atoms with Crippen molar-refractivity contribution in [2.75, 3.05) is 30.1 Å².